The van der Waals surface area contributed by atoms with Crippen LogP contribution in [0.3, 0.4) is 0 Å². The average molecular weight is 441 g/mol. The topological polar surface area (TPSA) is 79.1 Å². The van der Waals surface area contributed by atoms with Crippen molar-refractivity contribution in [1.82, 2.24) is 9.38 Å². The molecular formula is C23H24N2O5S. The lowest BCUT2D eigenvalue weighted by molar-refractivity contribution is -0.170. The Hall–Kier alpha value is -3.00. The van der Waals surface area contributed by atoms with Gasteiger partial charge in [0.05, 0.1) is 5.92 Å². The van der Waals surface area contributed by atoms with Gasteiger partial charge in [-0.1, -0.05) is 30.3 Å². The molecule has 3 heterocycles. The van der Waals surface area contributed by atoms with E-state index in [0.29, 0.717) is 23.6 Å². The zero-order valence-corrected chi connectivity index (χ0v) is 18.2. The molecule has 4 atom stereocenters. The zero-order chi connectivity index (χ0) is 21.8. The normalized spacial score (nSPS) is 23.3. The van der Waals surface area contributed by atoms with Gasteiger partial charge >= 0.3 is 11.9 Å². The van der Waals surface area contributed by atoms with Crippen LogP contribution in [-0.4, -0.2) is 44.7 Å². The van der Waals surface area contributed by atoms with E-state index in [2.05, 4.69) is 4.98 Å². The van der Waals surface area contributed by atoms with Crippen LogP contribution >= 0.6 is 11.8 Å². The summed E-state index contributed by atoms with van der Waals surface area (Å²) in [7, 11) is 0. The van der Waals surface area contributed by atoms with Gasteiger partial charge < -0.3 is 18.6 Å². The Labute approximate surface area is 184 Å². The third-order valence-electron chi connectivity index (χ3n) is 5.12. The summed E-state index contributed by atoms with van der Waals surface area (Å²) >= 11 is 1.55. The van der Waals surface area contributed by atoms with Crippen molar-refractivity contribution < 1.29 is 23.8 Å². The van der Waals surface area contributed by atoms with Gasteiger partial charge in [-0.25, -0.2) is 4.98 Å². The number of carbonyl (C=O) groups is 2. The van der Waals surface area contributed by atoms with E-state index in [4.69, 9.17) is 14.2 Å². The van der Waals surface area contributed by atoms with E-state index in [9.17, 15) is 9.59 Å². The second-order valence-corrected chi connectivity index (χ2v) is 8.56. The first-order valence-electron chi connectivity index (χ1n) is 10.1. The maximum atomic E-state index is 11.9. The molecule has 31 heavy (non-hydrogen) atoms. The first-order chi connectivity index (χ1) is 15.0. The van der Waals surface area contributed by atoms with Crippen LogP contribution in [0.4, 0.5) is 0 Å². The third kappa shape index (κ3) is 5.02. The molecule has 7 nitrogen and oxygen atoms in total. The molecule has 1 aliphatic rings. The van der Waals surface area contributed by atoms with Crippen molar-refractivity contribution in [1.29, 1.82) is 0 Å². The van der Waals surface area contributed by atoms with Crippen molar-refractivity contribution in [3.05, 3.63) is 66.6 Å². The predicted molar refractivity (Wildman–Crippen MR) is 117 cm³/mol. The fraction of sp³-hybridized carbons (Fsp3) is 0.348. The molecule has 0 N–H and O–H groups in total. The highest BCUT2D eigenvalue weighted by atomic mass is 32.2. The Morgan fingerprint density at radius 2 is 1.84 bits per heavy atom. The molecule has 1 fully saturated rings. The Balaban J connectivity index is 1.67. The van der Waals surface area contributed by atoms with Gasteiger partial charge in [-0.2, -0.15) is 0 Å². The fourth-order valence-corrected chi connectivity index (χ4v) is 5.17. The minimum atomic E-state index is -0.618. The Bertz CT molecular complexity index is 1050. The van der Waals surface area contributed by atoms with Crippen molar-refractivity contribution in [2.45, 2.75) is 37.9 Å². The van der Waals surface area contributed by atoms with Crippen LogP contribution in [0.25, 0.3) is 5.65 Å². The van der Waals surface area contributed by atoms with Crippen molar-refractivity contribution in [3.8, 4) is 5.75 Å². The van der Waals surface area contributed by atoms with Crippen LogP contribution in [0.5, 0.6) is 5.75 Å². The molecule has 0 radical (unpaired) electrons. The summed E-state index contributed by atoms with van der Waals surface area (Å²) in [5, 5.41) is 0. The molecule has 4 rings (SSSR count). The molecule has 0 amide bonds. The lowest BCUT2D eigenvalue weighted by atomic mass is 9.90. The summed E-state index contributed by atoms with van der Waals surface area (Å²) in [5.41, 5.74) is 1.48. The van der Waals surface area contributed by atoms with Crippen LogP contribution < -0.4 is 4.74 Å². The highest BCUT2D eigenvalue weighted by molar-refractivity contribution is 7.99. The zero-order valence-electron chi connectivity index (χ0n) is 17.3. The number of fused-ring (bicyclic) bond motifs is 1. The molecule has 0 aliphatic carbocycles. The number of hydrogen-bond acceptors (Lipinski definition) is 7. The predicted octanol–water partition coefficient (Wildman–Crippen LogP) is 3.51. The second-order valence-electron chi connectivity index (χ2n) is 7.43. The number of thioether (sulfide) groups is 1. The minimum absolute atomic E-state index is 0.232. The summed E-state index contributed by atoms with van der Waals surface area (Å²) in [6.07, 6.45) is 4.93. The molecule has 1 aliphatic heterocycles. The number of esters is 2. The monoisotopic (exact) mass is 440 g/mol. The number of aromatic nitrogens is 2. The molecule has 3 aromatic rings. The minimum Gasteiger partial charge on any atom is -0.475 e. The van der Waals surface area contributed by atoms with Gasteiger partial charge in [0, 0.05) is 38.2 Å². The van der Waals surface area contributed by atoms with E-state index in [-0.39, 0.29) is 11.4 Å². The molecule has 1 aromatic carbocycles. The molecule has 0 bridgehead atoms. The standard InChI is InChI=1S/C23H24N2O5S/c1-15(26)28-20-14-31-23(30-19-9-6-11-25-12-10-24-22(19)25)18(21(20)29-16(2)27)13-17-7-4-3-5-8-17/h3-12,18,20-21,23H,13-14H2,1-2H3/t18-,20+,21+,23+/m0/s1. The van der Waals surface area contributed by atoms with Gasteiger partial charge in [0.25, 0.3) is 0 Å². The van der Waals surface area contributed by atoms with Crippen molar-refractivity contribution >= 4 is 29.3 Å². The first-order valence-corrected chi connectivity index (χ1v) is 11.1. The number of rotatable bonds is 6. The summed E-state index contributed by atoms with van der Waals surface area (Å²) in [6.45, 7) is 2.73. The lowest BCUT2D eigenvalue weighted by Gasteiger charge is -2.41. The highest BCUT2D eigenvalue weighted by Gasteiger charge is 2.45. The summed E-state index contributed by atoms with van der Waals surface area (Å²) in [4.78, 5) is 28.0. The Morgan fingerprint density at radius 1 is 1.06 bits per heavy atom. The summed E-state index contributed by atoms with van der Waals surface area (Å²) in [5.74, 6) is 0.0644. The molecule has 8 heteroatoms. The van der Waals surface area contributed by atoms with E-state index in [1.165, 1.54) is 13.8 Å². The van der Waals surface area contributed by atoms with Crippen LogP contribution in [0, 0.1) is 5.92 Å². The second kappa shape index (κ2) is 9.43. The molecule has 0 spiro atoms. The number of carbonyl (C=O) groups excluding carboxylic acids is 2. The van der Waals surface area contributed by atoms with Crippen LogP contribution in [0.2, 0.25) is 0 Å². The number of nitrogens with zero attached hydrogens (tertiary/aromatic N) is 2. The Morgan fingerprint density at radius 3 is 2.58 bits per heavy atom. The SMILES string of the molecule is CC(=O)O[C@@H]1[C@H](Cc2ccccc2)[C@H](Oc2cccn3ccnc23)SC[C@H]1OC(C)=O. The van der Waals surface area contributed by atoms with Gasteiger partial charge in [0.1, 0.15) is 12.2 Å². The largest absolute Gasteiger partial charge is 0.475 e. The van der Waals surface area contributed by atoms with Crippen molar-refractivity contribution in [2.24, 2.45) is 5.92 Å². The maximum absolute atomic E-state index is 11.9. The van der Waals surface area contributed by atoms with Gasteiger partial charge in [-0.3, -0.25) is 9.59 Å². The average Bonchev–Trinajstić information content (AvgIpc) is 3.22. The fourth-order valence-electron chi connectivity index (χ4n) is 3.87. The number of imidazole rings is 1. The smallest absolute Gasteiger partial charge is 0.303 e. The van der Waals surface area contributed by atoms with E-state index in [0.717, 1.165) is 5.56 Å². The van der Waals surface area contributed by atoms with E-state index < -0.39 is 24.1 Å². The van der Waals surface area contributed by atoms with Gasteiger partial charge in [-0.05, 0) is 24.1 Å². The molecule has 0 unspecified atom stereocenters. The highest BCUT2D eigenvalue weighted by Crippen LogP contribution is 2.38. The van der Waals surface area contributed by atoms with Gasteiger partial charge in [-0.15, -0.1) is 11.8 Å². The third-order valence-corrected chi connectivity index (χ3v) is 6.42. The van der Waals surface area contributed by atoms with Gasteiger partial charge in [0.2, 0.25) is 0 Å². The van der Waals surface area contributed by atoms with Crippen molar-refractivity contribution in [3.63, 3.8) is 0 Å². The van der Waals surface area contributed by atoms with E-state index >= 15 is 0 Å². The molecule has 2 aromatic heterocycles. The number of pyridine rings is 1. The summed E-state index contributed by atoms with van der Waals surface area (Å²) < 4.78 is 19.5. The molecule has 0 saturated carbocycles. The van der Waals surface area contributed by atoms with Crippen LogP contribution in [0.1, 0.15) is 19.4 Å². The van der Waals surface area contributed by atoms with Crippen LogP contribution in [-0.2, 0) is 25.5 Å². The molecule has 1 saturated heterocycles. The Kier molecular flexibility index (Phi) is 6.46. The van der Waals surface area contributed by atoms with Crippen molar-refractivity contribution in [2.75, 3.05) is 5.75 Å². The number of benzene rings is 1. The first kappa shape index (κ1) is 21.2. The molecular weight excluding hydrogens is 416 g/mol. The quantitative estimate of drug-likeness (QED) is 0.543. The van der Waals surface area contributed by atoms with E-state index in [1.54, 1.807) is 18.0 Å². The van der Waals surface area contributed by atoms with E-state index in [1.807, 2.05) is 59.3 Å². The molecule has 162 valence electrons. The number of hydrogen-bond donors (Lipinski definition) is 0. The maximum Gasteiger partial charge on any atom is 0.303 e. The number of ether oxygens (including phenoxy) is 3. The van der Waals surface area contributed by atoms with Crippen LogP contribution in [0.15, 0.2) is 61.1 Å². The summed E-state index contributed by atoms with van der Waals surface area (Å²) in [6, 6.07) is 13.7. The van der Waals surface area contributed by atoms with Gasteiger partial charge in [0.15, 0.2) is 16.8 Å². The lowest BCUT2D eigenvalue weighted by Crippen LogP contribution is -2.51.